The van der Waals surface area contributed by atoms with Gasteiger partial charge in [0.1, 0.15) is 0 Å². The molecule has 0 aliphatic carbocycles. The summed E-state index contributed by atoms with van der Waals surface area (Å²) in [7, 11) is 0. The Hall–Kier alpha value is -0.550. The average Bonchev–Trinajstić information content (AvgIpc) is 2.01. The van der Waals surface area contributed by atoms with Crippen molar-refractivity contribution >= 4 is 32.8 Å². The summed E-state index contributed by atoms with van der Waals surface area (Å²) >= 11 is 7.89. The first-order chi connectivity index (χ1) is 6.34. The molecule has 0 spiro atoms. The summed E-state index contributed by atoms with van der Waals surface area (Å²) in [5.41, 5.74) is -1.59. The first-order valence-corrected chi connectivity index (χ1v) is 4.56. The molecular formula is C8H3BrClF3O. The molecule has 0 aliphatic rings. The molecule has 1 aromatic rings. The Labute approximate surface area is 91.0 Å². The third kappa shape index (κ3) is 2.27. The molecule has 0 unspecified atom stereocenters. The van der Waals surface area contributed by atoms with Crippen LogP contribution >= 0.6 is 27.5 Å². The molecular weight excluding hydrogens is 284 g/mol. The monoisotopic (exact) mass is 286 g/mol. The van der Waals surface area contributed by atoms with E-state index in [9.17, 15) is 18.0 Å². The van der Waals surface area contributed by atoms with Crippen LogP contribution in [0.1, 0.15) is 15.9 Å². The summed E-state index contributed by atoms with van der Waals surface area (Å²) < 4.78 is 37.1. The van der Waals surface area contributed by atoms with Gasteiger partial charge < -0.3 is 0 Å². The lowest BCUT2D eigenvalue weighted by Gasteiger charge is -2.10. The number of carbonyl (C=O) groups is 1. The molecule has 1 nitrogen and oxygen atoms in total. The summed E-state index contributed by atoms with van der Waals surface area (Å²) in [5, 5.41) is -1.13. The summed E-state index contributed by atoms with van der Waals surface area (Å²) in [6.45, 7) is 0. The lowest BCUT2D eigenvalue weighted by Crippen LogP contribution is -2.11. The maximum absolute atomic E-state index is 12.4. The molecule has 14 heavy (non-hydrogen) atoms. The molecule has 0 N–H and O–H groups in total. The van der Waals surface area contributed by atoms with Crippen molar-refractivity contribution in [2.45, 2.75) is 6.18 Å². The number of carbonyl (C=O) groups excluding carboxylic acids is 1. The Kier molecular flexibility index (Phi) is 3.21. The van der Waals surface area contributed by atoms with E-state index >= 15 is 0 Å². The Morgan fingerprint density at radius 2 is 1.93 bits per heavy atom. The SMILES string of the molecule is O=C(Cl)c1c(Br)cccc1C(F)(F)F. The highest BCUT2D eigenvalue weighted by molar-refractivity contribution is 9.10. The van der Waals surface area contributed by atoms with E-state index in [4.69, 9.17) is 11.6 Å². The quantitative estimate of drug-likeness (QED) is 0.717. The van der Waals surface area contributed by atoms with Crippen LogP contribution in [-0.4, -0.2) is 5.24 Å². The smallest absolute Gasteiger partial charge is 0.276 e. The van der Waals surface area contributed by atoms with E-state index < -0.39 is 22.5 Å². The maximum Gasteiger partial charge on any atom is 0.417 e. The molecule has 1 rings (SSSR count). The van der Waals surface area contributed by atoms with Crippen LogP contribution in [0.25, 0.3) is 0 Å². The Morgan fingerprint density at radius 1 is 1.36 bits per heavy atom. The lowest BCUT2D eigenvalue weighted by molar-refractivity contribution is -0.137. The van der Waals surface area contributed by atoms with Gasteiger partial charge in [-0.2, -0.15) is 13.2 Å². The predicted octanol–water partition coefficient (Wildman–Crippen LogP) is 3.85. The zero-order valence-corrected chi connectivity index (χ0v) is 8.87. The summed E-state index contributed by atoms with van der Waals surface area (Å²) in [5.74, 6) is 0. The minimum absolute atomic E-state index is 0.0346. The van der Waals surface area contributed by atoms with Gasteiger partial charge >= 0.3 is 6.18 Å². The van der Waals surface area contributed by atoms with Crippen LogP contribution in [0.5, 0.6) is 0 Å². The van der Waals surface area contributed by atoms with Gasteiger partial charge in [-0.1, -0.05) is 6.07 Å². The van der Waals surface area contributed by atoms with Crippen molar-refractivity contribution in [3.05, 3.63) is 33.8 Å². The van der Waals surface area contributed by atoms with Gasteiger partial charge in [-0.15, -0.1) is 0 Å². The zero-order chi connectivity index (χ0) is 10.9. The highest BCUT2D eigenvalue weighted by atomic mass is 79.9. The molecule has 0 bridgehead atoms. The third-order valence-corrected chi connectivity index (χ3v) is 2.37. The fourth-order valence-corrected chi connectivity index (χ4v) is 1.82. The molecule has 0 aromatic heterocycles. The van der Waals surface area contributed by atoms with E-state index in [-0.39, 0.29) is 4.47 Å². The van der Waals surface area contributed by atoms with Crippen LogP contribution in [0.3, 0.4) is 0 Å². The van der Waals surface area contributed by atoms with Crippen LogP contribution < -0.4 is 0 Å². The van der Waals surface area contributed by atoms with E-state index in [2.05, 4.69) is 15.9 Å². The number of alkyl halides is 3. The minimum Gasteiger partial charge on any atom is -0.276 e. The van der Waals surface area contributed by atoms with Crippen LogP contribution in [0.4, 0.5) is 13.2 Å². The normalized spacial score (nSPS) is 11.5. The standard InChI is InChI=1S/C8H3BrClF3O/c9-5-3-1-2-4(8(11,12)13)6(5)7(10)14/h1-3H. The molecule has 0 fully saturated rings. The van der Waals surface area contributed by atoms with Crippen molar-refractivity contribution < 1.29 is 18.0 Å². The third-order valence-electron chi connectivity index (χ3n) is 1.52. The second-order valence-corrected chi connectivity index (χ2v) is 3.63. The molecule has 0 aliphatic heterocycles. The average molecular weight is 287 g/mol. The number of hydrogen-bond acceptors (Lipinski definition) is 1. The molecule has 0 heterocycles. The van der Waals surface area contributed by atoms with Crippen molar-refractivity contribution in [2.75, 3.05) is 0 Å². The van der Waals surface area contributed by atoms with Crippen LogP contribution in [0.2, 0.25) is 0 Å². The maximum atomic E-state index is 12.4. The van der Waals surface area contributed by atoms with Gasteiger partial charge in [0.05, 0.1) is 11.1 Å². The van der Waals surface area contributed by atoms with Gasteiger partial charge in [-0.05, 0) is 39.7 Å². The second kappa shape index (κ2) is 3.90. The van der Waals surface area contributed by atoms with Gasteiger partial charge in [0.25, 0.3) is 5.24 Å². The number of rotatable bonds is 1. The Balaban J connectivity index is 3.44. The van der Waals surface area contributed by atoms with Crippen molar-refractivity contribution in [2.24, 2.45) is 0 Å². The van der Waals surface area contributed by atoms with Crippen LogP contribution in [0.15, 0.2) is 22.7 Å². The van der Waals surface area contributed by atoms with E-state index in [1.807, 2.05) is 0 Å². The number of benzene rings is 1. The molecule has 0 amide bonds. The molecule has 1 aromatic carbocycles. The number of hydrogen-bond donors (Lipinski definition) is 0. The Bertz CT molecular complexity index is 375. The first-order valence-electron chi connectivity index (χ1n) is 3.39. The molecule has 0 radical (unpaired) electrons. The second-order valence-electron chi connectivity index (χ2n) is 2.43. The fraction of sp³-hybridized carbons (Fsp3) is 0.125. The summed E-state index contributed by atoms with van der Waals surface area (Å²) in [6, 6.07) is 3.32. The van der Waals surface area contributed by atoms with Crippen molar-refractivity contribution in [1.29, 1.82) is 0 Å². The molecule has 76 valence electrons. The zero-order valence-electron chi connectivity index (χ0n) is 6.53. The van der Waals surface area contributed by atoms with Gasteiger partial charge in [-0.3, -0.25) is 4.79 Å². The van der Waals surface area contributed by atoms with Gasteiger partial charge in [0.15, 0.2) is 0 Å². The Morgan fingerprint density at radius 3 is 2.29 bits per heavy atom. The molecule has 0 saturated carbocycles. The van der Waals surface area contributed by atoms with E-state index in [1.165, 1.54) is 12.1 Å². The lowest BCUT2D eigenvalue weighted by atomic mass is 10.1. The molecule has 0 atom stereocenters. The highest BCUT2D eigenvalue weighted by Gasteiger charge is 2.35. The van der Waals surface area contributed by atoms with Gasteiger partial charge in [0, 0.05) is 4.47 Å². The van der Waals surface area contributed by atoms with E-state index in [1.54, 1.807) is 0 Å². The largest absolute Gasteiger partial charge is 0.417 e. The number of halogens is 5. The van der Waals surface area contributed by atoms with E-state index in [0.717, 1.165) is 6.07 Å². The summed E-state index contributed by atoms with van der Waals surface area (Å²) in [6.07, 6.45) is -4.58. The minimum atomic E-state index is -4.58. The van der Waals surface area contributed by atoms with E-state index in [0.29, 0.717) is 0 Å². The molecule has 0 saturated heterocycles. The van der Waals surface area contributed by atoms with Crippen molar-refractivity contribution in [1.82, 2.24) is 0 Å². The fourth-order valence-electron chi connectivity index (χ4n) is 0.960. The topological polar surface area (TPSA) is 17.1 Å². The van der Waals surface area contributed by atoms with Gasteiger partial charge in [-0.25, -0.2) is 0 Å². The predicted molar refractivity (Wildman–Crippen MR) is 49.3 cm³/mol. The first kappa shape index (κ1) is 11.5. The van der Waals surface area contributed by atoms with Crippen LogP contribution in [0, 0.1) is 0 Å². The molecule has 6 heteroatoms. The van der Waals surface area contributed by atoms with Crippen LogP contribution in [-0.2, 0) is 6.18 Å². The van der Waals surface area contributed by atoms with Gasteiger partial charge in [0.2, 0.25) is 0 Å². The van der Waals surface area contributed by atoms with Crippen molar-refractivity contribution in [3.63, 3.8) is 0 Å². The van der Waals surface area contributed by atoms with Crippen molar-refractivity contribution in [3.8, 4) is 0 Å². The highest BCUT2D eigenvalue weighted by Crippen LogP contribution is 2.35. The summed E-state index contributed by atoms with van der Waals surface area (Å²) in [4.78, 5) is 10.8.